The molecule has 1 aliphatic heterocycles. The van der Waals surface area contributed by atoms with Crippen molar-refractivity contribution in [1.29, 1.82) is 0 Å². The van der Waals surface area contributed by atoms with E-state index in [-0.39, 0.29) is 12.0 Å². The van der Waals surface area contributed by atoms with E-state index in [2.05, 4.69) is 30.0 Å². The number of nitrogens with one attached hydrogen (secondary N) is 1. The van der Waals surface area contributed by atoms with Crippen LogP contribution in [0, 0.1) is 11.8 Å². The van der Waals surface area contributed by atoms with E-state index >= 15 is 0 Å². The van der Waals surface area contributed by atoms with Gasteiger partial charge in [-0.1, -0.05) is 5.92 Å². The number of nitrogens with zero attached hydrogens (tertiary/aromatic N) is 1. The fourth-order valence-corrected chi connectivity index (χ4v) is 6.49. The highest BCUT2D eigenvalue weighted by Gasteiger charge is 2.41. The summed E-state index contributed by atoms with van der Waals surface area (Å²) in [5.74, 6) is 5.02. The lowest BCUT2D eigenvalue weighted by Gasteiger charge is -2.20. The van der Waals surface area contributed by atoms with Crippen LogP contribution in [0.2, 0.25) is 0 Å². The Bertz CT molecular complexity index is 1140. The predicted octanol–water partition coefficient (Wildman–Crippen LogP) is 0.345. The predicted molar refractivity (Wildman–Crippen MR) is 106 cm³/mol. The zero-order valence-electron chi connectivity index (χ0n) is 16.5. The van der Waals surface area contributed by atoms with Gasteiger partial charge in [0.15, 0.2) is 0 Å². The summed E-state index contributed by atoms with van der Waals surface area (Å²) < 4.78 is 54.3. The third-order valence-electron chi connectivity index (χ3n) is 3.65. The highest BCUT2D eigenvalue weighted by Crippen LogP contribution is 2.66. The zero-order valence-corrected chi connectivity index (χ0v) is 19.2. The van der Waals surface area contributed by atoms with Crippen molar-refractivity contribution in [3.63, 3.8) is 0 Å². The fraction of sp³-hybridized carbons (Fsp3) is 0.571. The number of aromatic nitrogens is 2. The summed E-state index contributed by atoms with van der Waals surface area (Å²) in [6.45, 7) is 2.69. The van der Waals surface area contributed by atoms with Crippen molar-refractivity contribution < 1.29 is 46.5 Å². The van der Waals surface area contributed by atoms with E-state index in [1.54, 1.807) is 0 Å². The number of phosphoric acid groups is 2. The highest BCUT2D eigenvalue weighted by molar-refractivity contribution is 7.70. The Morgan fingerprint density at radius 3 is 2.45 bits per heavy atom. The number of hydrogen-bond donors (Lipinski definition) is 4. The molecule has 0 aliphatic carbocycles. The Balaban J connectivity index is 2.08. The van der Waals surface area contributed by atoms with Crippen LogP contribution < -0.4 is 11.2 Å². The Labute approximate surface area is 175 Å². The van der Waals surface area contributed by atoms with E-state index in [0.29, 0.717) is 0 Å². The van der Waals surface area contributed by atoms with Crippen LogP contribution in [0.4, 0.5) is 0 Å². The molecule has 5 unspecified atom stereocenters. The van der Waals surface area contributed by atoms with Gasteiger partial charge in [-0.25, -0.2) is 18.2 Å². The minimum absolute atomic E-state index is 0.0176. The minimum atomic E-state index is -5.19. The van der Waals surface area contributed by atoms with E-state index < -0.39 is 59.3 Å². The maximum absolute atomic E-state index is 12.1. The number of aliphatic hydroxyl groups is 1. The molecule has 31 heavy (non-hydrogen) atoms. The molecule has 0 radical (unpaired) electrons. The van der Waals surface area contributed by atoms with Gasteiger partial charge >= 0.3 is 21.3 Å². The molecule has 1 saturated heterocycles. The van der Waals surface area contributed by atoms with E-state index in [1.165, 1.54) is 6.92 Å². The van der Waals surface area contributed by atoms with Crippen LogP contribution >= 0.6 is 23.0 Å². The summed E-state index contributed by atoms with van der Waals surface area (Å²) in [7, 11) is -13.9. The molecule has 5 atom stereocenters. The average Bonchev–Trinajstić information content (AvgIpc) is 2.93. The van der Waals surface area contributed by atoms with Gasteiger partial charge in [0.1, 0.15) is 17.9 Å². The number of rotatable bonds is 8. The van der Waals surface area contributed by atoms with Crippen LogP contribution in [-0.2, 0) is 31.6 Å². The van der Waals surface area contributed by atoms with E-state index in [9.17, 15) is 38.2 Å². The Morgan fingerprint density at radius 2 is 1.87 bits per heavy atom. The van der Waals surface area contributed by atoms with Crippen LogP contribution in [0.3, 0.4) is 0 Å². The monoisotopic (exact) mass is 502 g/mol. The van der Waals surface area contributed by atoms with E-state index in [1.807, 2.05) is 0 Å². The van der Waals surface area contributed by atoms with Gasteiger partial charge in [0.25, 0.3) is 5.56 Å². The number of ether oxygens (including phenoxy) is 1. The molecule has 0 aromatic carbocycles. The van der Waals surface area contributed by atoms with Gasteiger partial charge in [0.05, 0.1) is 12.7 Å². The quantitative estimate of drug-likeness (QED) is 0.281. The summed E-state index contributed by atoms with van der Waals surface area (Å²) in [6.07, 6.45) is -2.58. The van der Waals surface area contributed by atoms with Gasteiger partial charge in [-0.05, 0) is 6.92 Å². The molecule has 0 saturated carbocycles. The standard InChI is InChI=1S/C14H21N2O12P3/c1-4-5-9-7-16(14(19)15-13(9)18)12-6-10(17)11(26-12)8-25-30(21,22)28-31(23,24)27-29(2,3)20/h7,10-12,17H,6,8H2,1-3H3,(H,21,22)(H,23,24)(H,15,18,19). The summed E-state index contributed by atoms with van der Waals surface area (Å²) >= 11 is 0. The normalized spacial score (nSPS) is 25.3. The molecule has 4 N–H and O–H groups in total. The van der Waals surface area contributed by atoms with Crippen molar-refractivity contribution in [2.24, 2.45) is 0 Å². The van der Waals surface area contributed by atoms with E-state index in [0.717, 1.165) is 24.1 Å². The molecule has 14 nitrogen and oxygen atoms in total. The molecule has 2 rings (SSSR count). The lowest BCUT2D eigenvalue weighted by Crippen LogP contribution is -2.33. The lowest BCUT2D eigenvalue weighted by molar-refractivity contribution is -0.0450. The molecule has 0 bridgehead atoms. The van der Waals surface area contributed by atoms with Crippen molar-refractivity contribution in [3.05, 3.63) is 32.6 Å². The van der Waals surface area contributed by atoms with Gasteiger partial charge in [-0.3, -0.25) is 23.4 Å². The van der Waals surface area contributed by atoms with Gasteiger partial charge in [-0.15, -0.1) is 5.92 Å². The largest absolute Gasteiger partial charge is 0.486 e. The van der Waals surface area contributed by atoms with Crippen LogP contribution in [0.1, 0.15) is 25.1 Å². The molecule has 1 aromatic heterocycles. The third kappa shape index (κ3) is 7.63. The number of phosphoric ester groups is 1. The molecule has 0 spiro atoms. The Kier molecular flexibility index (Phi) is 8.06. The Hall–Kier alpha value is -1.35. The molecule has 2 heterocycles. The highest BCUT2D eigenvalue weighted by atomic mass is 31.3. The SMILES string of the molecule is CC#Cc1cn(C2CC(O)C(COP(=O)(O)OP(=O)(O)OP(C)(C)=O)O2)c(=O)[nH]c1=O. The molecule has 0 amide bonds. The van der Waals surface area contributed by atoms with Crippen molar-refractivity contribution >= 4 is 23.0 Å². The fourth-order valence-electron chi connectivity index (χ4n) is 2.54. The van der Waals surface area contributed by atoms with Gasteiger partial charge in [0, 0.05) is 25.9 Å². The molecule has 1 aromatic rings. The van der Waals surface area contributed by atoms with Gasteiger partial charge in [0.2, 0.25) is 7.37 Å². The average molecular weight is 502 g/mol. The van der Waals surface area contributed by atoms with E-state index in [4.69, 9.17) is 4.74 Å². The maximum Gasteiger partial charge on any atom is 0.486 e. The van der Waals surface area contributed by atoms with Crippen molar-refractivity contribution in [2.45, 2.75) is 31.8 Å². The number of hydrogen-bond acceptors (Lipinski definition) is 10. The zero-order chi connectivity index (χ0) is 23.6. The van der Waals surface area contributed by atoms with Crippen LogP contribution in [-0.4, -0.2) is 56.6 Å². The first-order valence-electron chi connectivity index (χ1n) is 8.52. The second kappa shape index (κ2) is 9.65. The number of aliphatic hydroxyl groups excluding tert-OH is 1. The summed E-state index contributed by atoms with van der Waals surface area (Å²) in [5, 5.41) is 10.1. The van der Waals surface area contributed by atoms with Gasteiger partial charge < -0.3 is 19.6 Å². The smallest absolute Gasteiger partial charge is 0.390 e. The molecule has 1 fully saturated rings. The first kappa shape index (κ1) is 25.9. The second-order valence-electron chi connectivity index (χ2n) is 6.66. The molecular weight excluding hydrogens is 481 g/mol. The summed E-state index contributed by atoms with van der Waals surface area (Å²) in [6, 6.07) is 0. The number of aromatic amines is 1. The molecule has 174 valence electrons. The minimum Gasteiger partial charge on any atom is -0.390 e. The first-order valence-corrected chi connectivity index (χ1v) is 14.0. The van der Waals surface area contributed by atoms with Crippen molar-refractivity contribution in [1.82, 2.24) is 9.55 Å². The van der Waals surface area contributed by atoms with Crippen molar-refractivity contribution in [3.8, 4) is 11.8 Å². The van der Waals surface area contributed by atoms with Crippen LogP contribution in [0.25, 0.3) is 0 Å². The summed E-state index contributed by atoms with van der Waals surface area (Å²) in [4.78, 5) is 44.8. The van der Waals surface area contributed by atoms with Gasteiger partial charge in [-0.2, -0.15) is 4.31 Å². The topological polar surface area (TPSA) is 204 Å². The third-order valence-corrected chi connectivity index (χ3v) is 8.17. The maximum atomic E-state index is 12.1. The first-order chi connectivity index (χ1) is 14.1. The summed E-state index contributed by atoms with van der Waals surface area (Å²) in [5.41, 5.74) is -1.55. The molecular formula is C14H21N2O12P3. The van der Waals surface area contributed by atoms with Crippen molar-refractivity contribution in [2.75, 3.05) is 19.9 Å². The lowest BCUT2D eigenvalue weighted by atomic mass is 10.2. The Morgan fingerprint density at radius 1 is 1.23 bits per heavy atom. The molecule has 17 heteroatoms. The number of H-pyrrole nitrogens is 1. The van der Waals surface area contributed by atoms with Crippen LogP contribution in [0.15, 0.2) is 15.8 Å². The molecule has 1 aliphatic rings. The van der Waals surface area contributed by atoms with Crippen LogP contribution in [0.5, 0.6) is 0 Å². The second-order valence-corrected chi connectivity index (χ2v) is 12.6.